The van der Waals surface area contributed by atoms with Crippen molar-refractivity contribution in [3.63, 3.8) is 0 Å². The van der Waals surface area contributed by atoms with Crippen LogP contribution in [0.25, 0.3) is 11.1 Å². The van der Waals surface area contributed by atoms with Gasteiger partial charge in [0.15, 0.2) is 6.23 Å². The van der Waals surface area contributed by atoms with Crippen LogP contribution in [-0.2, 0) is 16.0 Å². The minimum absolute atomic E-state index is 0.00372. The van der Waals surface area contributed by atoms with E-state index < -0.39 is 23.6 Å². The predicted molar refractivity (Wildman–Crippen MR) is 139 cm³/mol. The maximum Gasteiger partial charge on any atom is 0.327 e. The van der Waals surface area contributed by atoms with Crippen LogP contribution in [0, 0.1) is 5.41 Å². The second-order valence-corrected chi connectivity index (χ2v) is 9.64. The first kappa shape index (κ1) is 24.6. The van der Waals surface area contributed by atoms with Gasteiger partial charge in [0, 0.05) is 12.5 Å². The topological polar surface area (TPSA) is 95.9 Å². The number of carboxylic acid groups (broad SMARTS) is 1. The molecule has 0 saturated carbocycles. The fraction of sp³-hybridized carbons (Fsp3) is 0.300. The second-order valence-electron chi connectivity index (χ2n) is 9.64. The summed E-state index contributed by atoms with van der Waals surface area (Å²) < 4.78 is 6.19. The largest absolute Gasteiger partial charge is 0.481 e. The van der Waals surface area contributed by atoms with Crippen LogP contribution in [0.5, 0.6) is 5.75 Å². The third-order valence-corrected chi connectivity index (χ3v) is 7.78. The van der Waals surface area contributed by atoms with Crippen molar-refractivity contribution in [2.45, 2.75) is 45.3 Å². The lowest BCUT2D eigenvalue weighted by atomic mass is 9.72. The summed E-state index contributed by atoms with van der Waals surface area (Å²) in [5.74, 6) is -0.676. The van der Waals surface area contributed by atoms with Crippen molar-refractivity contribution in [2.24, 2.45) is 5.41 Å². The quantitative estimate of drug-likeness (QED) is 0.417. The number of nitrogens with one attached hydrogen (secondary N) is 1. The molecule has 3 amide bonds. The number of amides is 3. The molecule has 0 radical (unpaired) electrons. The minimum Gasteiger partial charge on any atom is -0.481 e. The molecule has 1 unspecified atom stereocenters. The van der Waals surface area contributed by atoms with Crippen molar-refractivity contribution in [3.8, 4) is 16.9 Å². The fourth-order valence-electron chi connectivity index (χ4n) is 5.64. The molecule has 0 bridgehead atoms. The average molecular weight is 499 g/mol. The van der Waals surface area contributed by atoms with Crippen molar-refractivity contribution < 1.29 is 24.2 Å². The molecular weight excluding hydrogens is 468 g/mol. The number of urea groups is 1. The number of carbonyl (C=O) groups is 3. The maximum atomic E-state index is 13.4. The van der Waals surface area contributed by atoms with Gasteiger partial charge in [0.1, 0.15) is 11.2 Å². The molecule has 1 aliphatic carbocycles. The monoisotopic (exact) mass is 498 g/mol. The van der Waals surface area contributed by atoms with E-state index in [0.29, 0.717) is 30.7 Å². The number of ether oxygens (including phenoxy) is 1. The molecule has 3 aromatic carbocycles. The standard InChI is InChI=1S/C30H30N2O5/c1-3-30(4-2)27(35)32(28(30)37-20-15-13-19(14-16-20)17-26(33)34)29(36)31-18-25-23-11-7-5-9-21(23)22-10-6-8-12-24(22)25/h5-16,25,28H,3-4,17-18H2,1-2H3,(H,31,36)(H,33,34). The number of imide groups is 1. The summed E-state index contributed by atoms with van der Waals surface area (Å²) in [5, 5.41) is 12.0. The molecular formula is C30H30N2O5. The van der Waals surface area contributed by atoms with Gasteiger partial charge < -0.3 is 15.2 Å². The molecule has 5 rings (SSSR count). The highest BCUT2D eigenvalue weighted by Gasteiger charge is 2.63. The Kier molecular flexibility index (Phi) is 6.46. The third-order valence-electron chi connectivity index (χ3n) is 7.78. The molecule has 1 heterocycles. The summed E-state index contributed by atoms with van der Waals surface area (Å²) in [6, 6.07) is 22.6. The number of benzene rings is 3. The molecule has 0 spiro atoms. The molecule has 1 fully saturated rings. The highest BCUT2D eigenvalue weighted by atomic mass is 16.5. The van der Waals surface area contributed by atoms with E-state index in [-0.39, 0.29) is 18.2 Å². The van der Waals surface area contributed by atoms with E-state index in [1.165, 1.54) is 16.0 Å². The number of β-lactam (4-membered cyclic amide) rings is 1. The first-order valence-corrected chi connectivity index (χ1v) is 12.7. The average Bonchev–Trinajstić information content (AvgIpc) is 3.22. The van der Waals surface area contributed by atoms with E-state index in [1.54, 1.807) is 24.3 Å². The Morgan fingerprint density at radius 2 is 1.49 bits per heavy atom. The van der Waals surface area contributed by atoms with Crippen molar-refractivity contribution in [2.75, 3.05) is 6.54 Å². The number of likely N-dealkylation sites (tertiary alicyclic amines) is 1. The Hall–Kier alpha value is -4.13. The lowest BCUT2D eigenvalue weighted by molar-refractivity contribution is -0.190. The number of carboxylic acids is 1. The number of nitrogens with zero attached hydrogens (tertiary/aromatic N) is 1. The zero-order valence-corrected chi connectivity index (χ0v) is 20.9. The smallest absolute Gasteiger partial charge is 0.327 e. The molecule has 3 aromatic rings. The molecule has 1 saturated heterocycles. The van der Waals surface area contributed by atoms with E-state index in [9.17, 15) is 14.4 Å². The highest BCUT2D eigenvalue weighted by Crippen LogP contribution is 2.47. The molecule has 37 heavy (non-hydrogen) atoms. The van der Waals surface area contributed by atoms with Crippen molar-refractivity contribution in [3.05, 3.63) is 89.5 Å². The SMILES string of the molecule is CCC1(CC)C(=O)N(C(=O)NCC2c3ccccc3-c3ccccc32)C1Oc1ccc(CC(=O)O)cc1. The van der Waals surface area contributed by atoms with Crippen LogP contribution in [0.4, 0.5) is 4.79 Å². The first-order chi connectivity index (χ1) is 17.9. The number of hydrogen-bond acceptors (Lipinski definition) is 4. The van der Waals surface area contributed by atoms with Crippen molar-refractivity contribution in [1.82, 2.24) is 10.2 Å². The Morgan fingerprint density at radius 1 is 0.919 bits per heavy atom. The van der Waals surface area contributed by atoms with Gasteiger partial charge >= 0.3 is 12.0 Å². The first-order valence-electron chi connectivity index (χ1n) is 12.7. The zero-order valence-electron chi connectivity index (χ0n) is 20.9. The zero-order chi connectivity index (χ0) is 26.2. The van der Waals surface area contributed by atoms with Crippen LogP contribution < -0.4 is 10.1 Å². The summed E-state index contributed by atoms with van der Waals surface area (Å²) in [5.41, 5.74) is 4.51. The van der Waals surface area contributed by atoms with Crippen molar-refractivity contribution >= 4 is 17.9 Å². The van der Waals surface area contributed by atoms with Crippen molar-refractivity contribution in [1.29, 1.82) is 0 Å². The Labute approximate surface area is 216 Å². The second kappa shape index (κ2) is 9.73. The normalized spacial score (nSPS) is 17.5. The van der Waals surface area contributed by atoms with Gasteiger partial charge in [0.2, 0.25) is 5.91 Å². The van der Waals surface area contributed by atoms with Crippen LogP contribution in [0.2, 0.25) is 0 Å². The van der Waals surface area contributed by atoms with Gasteiger partial charge in [0.25, 0.3) is 0 Å². The number of aliphatic carboxylic acids is 1. The molecule has 1 atom stereocenters. The summed E-state index contributed by atoms with van der Waals surface area (Å²) in [4.78, 5) is 38.8. The Morgan fingerprint density at radius 3 is 2.03 bits per heavy atom. The fourth-order valence-corrected chi connectivity index (χ4v) is 5.64. The lowest BCUT2D eigenvalue weighted by Crippen LogP contribution is -2.73. The number of fused-ring (bicyclic) bond motifs is 3. The third kappa shape index (κ3) is 4.14. The molecule has 190 valence electrons. The maximum absolute atomic E-state index is 13.4. The van der Waals surface area contributed by atoms with Gasteiger partial charge in [-0.05, 0) is 52.8 Å². The Bertz CT molecular complexity index is 1300. The van der Waals surface area contributed by atoms with E-state index in [1.807, 2.05) is 38.1 Å². The van der Waals surface area contributed by atoms with E-state index >= 15 is 0 Å². The van der Waals surface area contributed by atoms with E-state index in [0.717, 1.165) is 11.1 Å². The van der Waals surface area contributed by atoms with E-state index in [2.05, 4.69) is 29.6 Å². The molecule has 2 aliphatic rings. The molecule has 2 N–H and O–H groups in total. The minimum atomic E-state index is -0.912. The number of hydrogen-bond donors (Lipinski definition) is 2. The van der Waals surface area contributed by atoms with Crippen LogP contribution in [0.3, 0.4) is 0 Å². The van der Waals surface area contributed by atoms with Crippen LogP contribution in [0.1, 0.15) is 49.3 Å². The molecule has 7 nitrogen and oxygen atoms in total. The van der Waals surface area contributed by atoms with Gasteiger partial charge in [-0.3, -0.25) is 9.59 Å². The van der Waals surface area contributed by atoms with Gasteiger partial charge in [-0.1, -0.05) is 74.5 Å². The van der Waals surface area contributed by atoms with Gasteiger partial charge in [0.05, 0.1) is 6.42 Å². The summed E-state index contributed by atoms with van der Waals surface area (Å²) in [6.45, 7) is 4.21. The van der Waals surface area contributed by atoms with Crippen LogP contribution in [-0.4, -0.2) is 40.7 Å². The molecule has 0 aromatic heterocycles. The predicted octanol–water partition coefficient (Wildman–Crippen LogP) is 5.19. The highest BCUT2D eigenvalue weighted by molar-refractivity contribution is 6.03. The van der Waals surface area contributed by atoms with Gasteiger partial charge in [-0.2, -0.15) is 0 Å². The number of carbonyl (C=O) groups excluding carboxylic acids is 2. The van der Waals surface area contributed by atoms with E-state index in [4.69, 9.17) is 9.84 Å². The summed E-state index contributed by atoms with van der Waals surface area (Å²) >= 11 is 0. The van der Waals surface area contributed by atoms with Gasteiger partial charge in [-0.25, -0.2) is 9.69 Å². The number of rotatable bonds is 8. The van der Waals surface area contributed by atoms with Crippen LogP contribution in [0.15, 0.2) is 72.8 Å². The van der Waals surface area contributed by atoms with Crippen LogP contribution >= 0.6 is 0 Å². The van der Waals surface area contributed by atoms with Gasteiger partial charge in [-0.15, -0.1) is 0 Å². The molecule has 7 heteroatoms. The summed E-state index contributed by atoms with van der Waals surface area (Å²) in [6.07, 6.45) is 0.246. The molecule has 1 aliphatic heterocycles. The summed E-state index contributed by atoms with van der Waals surface area (Å²) in [7, 11) is 0. The lowest BCUT2D eigenvalue weighted by Gasteiger charge is -2.53. The Balaban J connectivity index is 1.34.